The van der Waals surface area contributed by atoms with Crippen molar-refractivity contribution in [2.45, 2.75) is 77.6 Å². The van der Waals surface area contributed by atoms with Crippen LogP contribution in [0.2, 0.25) is 0 Å². The van der Waals surface area contributed by atoms with E-state index in [1.165, 1.54) is 4.90 Å². The van der Waals surface area contributed by atoms with Crippen LogP contribution in [-0.4, -0.2) is 86.1 Å². The SMILES string of the molecule is COc1ccc(-c2ccc(C[C@H](N)C(=O)N(c3ccc(-c4nn[nH]n4)cc3)C(=O)[C@H]3CC[C@H](CNC(=O)OC(C)(C)C)CC3)cc2)c(C)n1.O=C(O)C(F)(F)F. The molecule has 300 valence electrons. The quantitative estimate of drug-likeness (QED) is 0.154. The van der Waals surface area contributed by atoms with Crippen molar-refractivity contribution in [1.82, 2.24) is 30.9 Å². The van der Waals surface area contributed by atoms with Crippen LogP contribution in [0.1, 0.15) is 57.7 Å². The number of carboxylic acids is 1. The van der Waals surface area contributed by atoms with E-state index in [1.807, 2.05) is 64.1 Å². The monoisotopic (exact) mass is 782 g/mol. The lowest BCUT2D eigenvalue weighted by atomic mass is 9.81. The molecule has 1 aliphatic rings. The number of rotatable bonds is 10. The van der Waals surface area contributed by atoms with E-state index in [9.17, 15) is 27.6 Å². The molecule has 56 heavy (non-hydrogen) atoms. The second-order valence-electron chi connectivity index (χ2n) is 14.2. The van der Waals surface area contributed by atoms with Crippen LogP contribution in [0.15, 0.2) is 60.7 Å². The number of hydrogen-bond acceptors (Lipinski definition) is 11. The van der Waals surface area contributed by atoms with E-state index < -0.39 is 35.8 Å². The van der Waals surface area contributed by atoms with Gasteiger partial charge >= 0.3 is 18.2 Å². The van der Waals surface area contributed by atoms with E-state index in [2.05, 4.69) is 30.9 Å². The first kappa shape index (κ1) is 42.8. The molecule has 3 amide bonds. The Labute approximate surface area is 321 Å². The van der Waals surface area contributed by atoms with Crippen LogP contribution in [0.25, 0.3) is 22.5 Å². The summed E-state index contributed by atoms with van der Waals surface area (Å²) in [7, 11) is 1.58. The van der Waals surface area contributed by atoms with Gasteiger partial charge in [-0.3, -0.25) is 9.59 Å². The minimum atomic E-state index is -5.08. The second kappa shape index (κ2) is 18.6. The lowest BCUT2D eigenvalue weighted by Gasteiger charge is -2.32. The number of aliphatic carboxylic acids is 1. The first-order valence-corrected chi connectivity index (χ1v) is 17.7. The maximum absolute atomic E-state index is 14.1. The summed E-state index contributed by atoms with van der Waals surface area (Å²) in [5, 5.41) is 24.0. The Morgan fingerprint density at radius 1 is 0.964 bits per heavy atom. The second-order valence-corrected chi connectivity index (χ2v) is 14.2. The summed E-state index contributed by atoms with van der Waals surface area (Å²) >= 11 is 0. The summed E-state index contributed by atoms with van der Waals surface area (Å²) in [5.41, 5.74) is 10.7. The van der Waals surface area contributed by atoms with Crippen molar-refractivity contribution in [2.24, 2.45) is 17.6 Å². The van der Waals surface area contributed by atoms with Crippen LogP contribution in [0.3, 0.4) is 0 Å². The highest BCUT2D eigenvalue weighted by molar-refractivity contribution is 6.17. The largest absolute Gasteiger partial charge is 0.490 e. The maximum Gasteiger partial charge on any atom is 0.490 e. The molecule has 2 aromatic carbocycles. The third kappa shape index (κ3) is 12.0. The number of aromatic amines is 1. The van der Waals surface area contributed by atoms with Crippen LogP contribution in [0.4, 0.5) is 23.7 Å². The number of pyridine rings is 1. The zero-order valence-corrected chi connectivity index (χ0v) is 31.6. The number of hydrogen-bond donors (Lipinski definition) is 4. The van der Waals surface area contributed by atoms with Gasteiger partial charge in [-0.2, -0.15) is 18.4 Å². The van der Waals surface area contributed by atoms with E-state index in [1.54, 1.807) is 31.4 Å². The van der Waals surface area contributed by atoms with Gasteiger partial charge in [0, 0.05) is 35.3 Å². The van der Waals surface area contributed by atoms with Crippen LogP contribution in [0, 0.1) is 18.8 Å². The van der Waals surface area contributed by atoms with Gasteiger partial charge < -0.3 is 25.6 Å². The van der Waals surface area contributed by atoms with Crippen molar-refractivity contribution in [3.63, 3.8) is 0 Å². The molecule has 5 rings (SSSR count). The maximum atomic E-state index is 14.1. The number of carbonyl (C=O) groups is 4. The molecule has 0 bridgehead atoms. The molecule has 15 nitrogen and oxygen atoms in total. The van der Waals surface area contributed by atoms with Gasteiger partial charge in [-0.05, 0) is 112 Å². The summed E-state index contributed by atoms with van der Waals surface area (Å²) in [4.78, 5) is 54.9. The molecule has 0 unspecified atom stereocenters. The standard InChI is InChI=1S/C36H44N8O5.C2HF3O2/c1-22-29(18-19-31(39-22)48-5)25-10-6-23(7-11-25)20-30(37)34(46)44(28-16-14-26(15-17-28)32-40-42-43-41-32)33(45)27-12-8-24(9-13-27)21-38-35(47)49-36(2,3)4;3-2(4,5)1(6)7/h6-7,10-11,14-19,24,27,30H,8-9,12-13,20-21,37H2,1-5H3,(H,38,47)(H,40,41,42,43);(H,6,7)/t24-,27-,30-;/m0./s1. The van der Waals surface area contributed by atoms with Crippen molar-refractivity contribution in [2.75, 3.05) is 18.6 Å². The Morgan fingerprint density at radius 3 is 2.09 bits per heavy atom. The molecule has 0 spiro atoms. The highest BCUT2D eigenvalue weighted by atomic mass is 19.4. The normalized spacial score (nSPS) is 16.1. The van der Waals surface area contributed by atoms with E-state index in [4.69, 9.17) is 25.1 Å². The zero-order chi connectivity index (χ0) is 41.2. The highest BCUT2D eigenvalue weighted by Gasteiger charge is 2.38. The van der Waals surface area contributed by atoms with Gasteiger partial charge in [0.05, 0.1) is 18.8 Å². The first-order valence-electron chi connectivity index (χ1n) is 17.7. The molecular weight excluding hydrogens is 737 g/mol. The Balaban J connectivity index is 0.000000908. The topological polar surface area (TPSA) is 216 Å². The number of imide groups is 1. The molecule has 1 atom stereocenters. The van der Waals surface area contributed by atoms with Gasteiger partial charge in [0.15, 0.2) is 0 Å². The number of H-pyrrole nitrogens is 1. The van der Waals surface area contributed by atoms with Crippen molar-refractivity contribution < 1.29 is 46.9 Å². The number of ether oxygens (including phenoxy) is 2. The Bertz CT molecular complexity index is 1940. The minimum absolute atomic E-state index is 0.206. The molecule has 1 saturated carbocycles. The zero-order valence-electron chi connectivity index (χ0n) is 31.6. The van der Waals surface area contributed by atoms with E-state index >= 15 is 0 Å². The van der Waals surface area contributed by atoms with Crippen molar-refractivity contribution in [3.05, 3.63) is 71.9 Å². The molecule has 2 aromatic heterocycles. The van der Waals surface area contributed by atoms with E-state index in [-0.39, 0.29) is 24.2 Å². The summed E-state index contributed by atoms with van der Waals surface area (Å²) in [6, 6.07) is 17.5. The fourth-order valence-corrected chi connectivity index (χ4v) is 6.03. The Morgan fingerprint density at radius 2 is 1.57 bits per heavy atom. The van der Waals surface area contributed by atoms with Crippen LogP contribution >= 0.6 is 0 Å². The number of nitrogens with one attached hydrogen (secondary N) is 2. The van der Waals surface area contributed by atoms with Gasteiger partial charge in [-0.1, -0.05) is 24.3 Å². The van der Waals surface area contributed by atoms with Gasteiger partial charge in [0.1, 0.15) is 5.60 Å². The van der Waals surface area contributed by atoms with E-state index in [0.717, 1.165) is 35.2 Å². The number of halogens is 3. The number of nitrogens with two attached hydrogens (primary N) is 1. The molecule has 1 aliphatic carbocycles. The number of methoxy groups -OCH3 is 1. The average Bonchev–Trinajstić information content (AvgIpc) is 3.69. The van der Waals surface area contributed by atoms with Gasteiger partial charge in [-0.25, -0.2) is 19.5 Å². The fourth-order valence-electron chi connectivity index (χ4n) is 6.03. The number of anilines is 1. The number of nitrogens with zero attached hydrogens (tertiary/aromatic N) is 5. The van der Waals surface area contributed by atoms with Crippen LogP contribution in [0.5, 0.6) is 5.88 Å². The number of aromatic nitrogens is 5. The number of alkyl carbamates (subject to hydrolysis) is 1. The third-order valence-corrected chi connectivity index (χ3v) is 8.85. The van der Waals surface area contributed by atoms with Gasteiger partial charge in [0.25, 0.3) is 5.91 Å². The average molecular weight is 783 g/mol. The van der Waals surface area contributed by atoms with Gasteiger partial charge in [-0.15, -0.1) is 10.2 Å². The molecule has 18 heteroatoms. The van der Waals surface area contributed by atoms with Crippen molar-refractivity contribution in [1.29, 1.82) is 0 Å². The molecule has 4 aromatic rings. The summed E-state index contributed by atoms with van der Waals surface area (Å²) < 4.78 is 42.3. The third-order valence-electron chi connectivity index (χ3n) is 8.85. The number of carboxylic acid groups (broad SMARTS) is 1. The summed E-state index contributed by atoms with van der Waals surface area (Å²) in [6.45, 7) is 7.85. The summed E-state index contributed by atoms with van der Waals surface area (Å²) in [5.74, 6) is -2.74. The summed E-state index contributed by atoms with van der Waals surface area (Å²) in [6.07, 6.45) is -2.67. The lowest BCUT2D eigenvalue weighted by Crippen LogP contribution is -2.50. The molecule has 0 saturated heterocycles. The number of carbonyl (C=O) groups excluding carboxylic acids is 3. The van der Waals surface area contributed by atoms with Crippen LogP contribution in [-0.2, 0) is 25.5 Å². The number of benzene rings is 2. The van der Waals surface area contributed by atoms with Crippen molar-refractivity contribution in [3.8, 4) is 28.4 Å². The molecule has 5 N–H and O–H groups in total. The molecule has 2 heterocycles. The number of alkyl halides is 3. The highest BCUT2D eigenvalue weighted by Crippen LogP contribution is 2.32. The molecule has 0 radical (unpaired) electrons. The number of aryl methyl sites for hydroxylation is 1. The fraction of sp³-hybridized carbons (Fsp3) is 0.421. The predicted molar refractivity (Wildman–Crippen MR) is 198 cm³/mol. The Hall–Kier alpha value is -5.91. The van der Waals surface area contributed by atoms with Crippen molar-refractivity contribution >= 4 is 29.6 Å². The predicted octanol–water partition coefficient (Wildman–Crippen LogP) is 5.64. The molecule has 1 fully saturated rings. The van der Waals surface area contributed by atoms with Crippen LogP contribution < -0.4 is 20.7 Å². The molecule has 0 aliphatic heterocycles. The minimum Gasteiger partial charge on any atom is -0.481 e. The first-order chi connectivity index (χ1) is 26.4. The van der Waals surface area contributed by atoms with E-state index in [0.29, 0.717) is 42.3 Å². The Kier molecular flexibility index (Phi) is 14.2. The lowest BCUT2D eigenvalue weighted by molar-refractivity contribution is -0.192. The van der Waals surface area contributed by atoms with Gasteiger partial charge in [0.2, 0.25) is 17.6 Å². The molecular formula is C38H45F3N8O7. The smallest absolute Gasteiger partial charge is 0.481 e. The number of amides is 3. The number of tetrazole rings is 1.